The lowest BCUT2D eigenvalue weighted by atomic mass is 10.0. The summed E-state index contributed by atoms with van der Waals surface area (Å²) in [5, 5.41) is 7.37. The standard InChI is InChI=1S/C16H20BrN3O/c1-5-16(3,4)19-15(21)14-10-18-20(11(14)2)13-8-6-12(17)7-9-13/h6-10H,5H2,1-4H3,(H,19,21). The van der Waals surface area contributed by atoms with Crippen LogP contribution in [0.5, 0.6) is 0 Å². The van der Waals surface area contributed by atoms with Crippen molar-refractivity contribution in [2.45, 2.75) is 39.7 Å². The van der Waals surface area contributed by atoms with E-state index in [9.17, 15) is 4.79 Å². The summed E-state index contributed by atoms with van der Waals surface area (Å²) in [5.74, 6) is -0.0808. The van der Waals surface area contributed by atoms with E-state index < -0.39 is 0 Å². The Balaban J connectivity index is 2.28. The van der Waals surface area contributed by atoms with Gasteiger partial charge in [0.25, 0.3) is 5.91 Å². The molecule has 2 rings (SSSR count). The number of benzene rings is 1. The number of carbonyl (C=O) groups is 1. The molecule has 1 aromatic carbocycles. The Bertz CT molecular complexity index is 644. The Morgan fingerprint density at radius 1 is 1.33 bits per heavy atom. The molecule has 0 bridgehead atoms. The van der Waals surface area contributed by atoms with Crippen molar-refractivity contribution in [2.24, 2.45) is 0 Å². The average Bonchev–Trinajstić information content (AvgIpc) is 2.81. The molecular weight excluding hydrogens is 330 g/mol. The first kappa shape index (κ1) is 15.8. The van der Waals surface area contributed by atoms with E-state index in [1.165, 1.54) is 0 Å². The van der Waals surface area contributed by atoms with Crippen LogP contribution in [0.15, 0.2) is 34.9 Å². The van der Waals surface area contributed by atoms with Crippen molar-refractivity contribution in [1.82, 2.24) is 15.1 Å². The summed E-state index contributed by atoms with van der Waals surface area (Å²) in [6.07, 6.45) is 2.50. The normalized spacial score (nSPS) is 11.5. The molecule has 21 heavy (non-hydrogen) atoms. The summed E-state index contributed by atoms with van der Waals surface area (Å²) >= 11 is 3.41. The molecule has 1 heterocycles. The van der Waals surface area contributed by atoms with E-state index in [1.807, 2.05) is 45.0 Å². The Labute approximate surface area is 133 Å². The molecular formula is C16H20BrN3O. The van der Waals surface area contributed by atoms with E-state index in [1.54, 1.807) is 10.9 Å². The summed E-state index contributed by atoms with van der Waals surface area (Å²) in [4.78, 5) is 12.4. The molecule has 0 aliphatic heterocycles. The van der Waals surface area contributed by atoms with Crippen LogP contribution >= 0.6 is 15.9 Å². The van der Waals surface area contributed by atoms with Crippen molar-refractivity contribution in [2.75, 3.05) is 0 Å². The number of nitrogens with zero attached hydrogens (tertiary/aromatic N) is 2. The van der Waals surface area contributed by atoms with E-state index in [0.29, 0.717) is 5.56 Å². The first-order valence-corrected chi connectivity index (χ1v) is 7.76. The number of rotatable bonds is 4. The van der Waals surface area contributed by atoms with Gasteiger partial charge in [0.2, 0.25) is 0 Å². The summed E-state index contributed by atoms with van der Waals surface area (Å²) < 4.78 is 2.79. The van der Waals surface area contributed by atoms with Crippen LogP contribution in [-0.2, 0) is 0 Å². The van der Waals surface area contributed by atoms with E-state index in [0.717, 1.165) is 22.3 Å². The van der Waals surface area contributed by atoms with Gasteiger partial charge in [0.1, 0.15) is 0 Å². The molecule has 0 unspecified atom stereocenters. The lowest BCUT2D eigenvalue weighted by molar-refractivity contribution is 0.0910. The van der Waals surface area contributed by atoms with Crippen LogP contribution in [-0.4, -0.2) is 21.2 Å². The number of hydrogen-bond acceptors (Lipinski definition) is 2. The smallest absolute Gasteiger partial charge is 0.255 e. The first-order valence-electron chi connectivity index (χ1n) is 6.97. The van der Waals surface area contributed by atoms with Gasteiger partial charge in [0, 0.05) is 10.0 Å². The van der Waals surface area contributed by atoms with Crippen LogP contribution in [0.1, 0.15) is 43.2 Å². The number of hydrogen-bond donors (Lipinski definition) is 1. The zero-order chi connectivity index (χ0) is 15.6. The van der Waals surface area contributed by atoms with Crippen molar-refractivity contribution in [1.29, 1.82) is 0 Å². The zero-order valence-electron chi connectivity index (χ0n) is 12.8. The third-order valence-electron chi connectivity index (χ3n) is 3.66. The van der Waals surface area contributed by atoms with Gasteiger partial charge in [0.05, 0.1) is 23.1 Å². The SMILES string of the molecule is CCC(C)(C)NC(=O)c1cnn(-c2ccc(Br)cc2)c1C. The summed E-state index contributed by atoms with van der Waals surface area (Å²) in [6.45, 7) is 7.99. The van der Waals surface area contributed by atoms with Crippen LogP contribution in [0.25, 0.3) is 5.69 Å². The van der Waals surface area contributed by atoms with E-state index in [-0.39, 0.29) is 11.4 Å². The van der Waals surface area contributed by atoms with Gasteiger partial charge >= 0.3 is 0 Å². The Morgan fingerprint density at radius 2 is 1.95 bits per heavy atom. The van der Waals surface area contributed by atoms with Crippen molar-refractivity contribution in [3.05, 3.63) is 46.2 Å². The average molecular weight is 350 g/mol. The quantitative estimate of drug-likeness (QED) is 0.910. The fourth-order valence-corrected chi connectivity index (χ4v) is 2.20. The third-order valence-corrected chi connectivity index (χ3v) is 4.19. The number of halogens is 1. The van der Waals surface area contributed by atoms with Gasteiger partial charge in [0.15, 0.2) is 0 Å². The number of amides is 1. The summed E-state index contributed by atoms with van der Waals surface area (Å²) in [6, 6.07) is 7.83. The molecule has 0 aliphatic rings. The minimum absolute atomic E-state index is 0.0808. The van der Waals surface area contributed by atoms with Crippen LogP contribution < -0.4 is 5.32 Å². The highest BCUT2D eigenvalue weighted by molar-refractivity contribution is 9.10. The van der Waals surface area contributed by atoms with Crippen molar-refractivity contribution in [3.63, 3.8) is 0 Å². The monoisotopic (exact) mass is 349 g/mol. The molecule has 5 heteroatoms. The van der Waals surface area contributed by atoms with Gasteiger partial charge in [-0.15, -0.1) is 0 Å². The second kappa shape index (κ2) is 6.02. The fraction of sp³-hybridized carbons (Fsp3) is 0.375. The maximum atomic E-state index is 12.4. The van der Waals surface area contributed by atoms with Gasteiger partial charge in [-0.25, -0.2) is 4.68 Å². The van der Waals surface area contributed by atoms with E-state index >= 15 is 0 Å². The number of nitrogens with one attached hydrogen (secondary N) is 1. The van der Waals surface area contributed by atoms with E-state index in [2.05, 4.69) is 33.3 Å². The maximum absolute atomic E-state index is 12.4. The van der Waals surface area contributed by atoms with Gasteiger partial charge < -0.3 is 5.32 Å². The third kappa shape index (κ3) is 3.53. The number of carbonyl (C=O) groups excluding carboxylic acids is 1. The molecule has 0 atom stereocenters. The Kier molecular flexibility index (Phi) is 4.52. The molecule has 0 aliphatic carbocycles. The minimum Gasteiger partial charge on any atom is -0.347 e. The predicted molar refractivity (Wildman–Crippen MR) is 87.8 cm³/mol. The Hall–Kier alpha value is -1.62. The fourth-order valence-electron chi connectivity index (χ4n) is 1.94. The second-order valence-corrected chi connectivity index (χ2v) is 6.64. The van der Waals surface area contributed by atoms with Crippen LogP contribution in [0, 0.1) is 6.92 Å². The Morgan fingerprint density at radius 3 is 2.52 bits per heavy atom. The molecule has 2 aromatic rings. The lowest BCUT2D eigenvalue weighted by Crippen LogP contribution is -2.42. The highest BCUT2D eigenvalue weighted by atomic mass is 79.9. The van der Waals surface area contributed by atoms with Crippen LogP contribution in [0.3, 0.4) is 0 Å². The molecule has 4 nitrogen and oxygen atoms in total. The molecule has 1 amide bonds. The molecule has 1 N–H and O–H groups in total. The van der Waals surface area contributed by atoms with Gasteiger partial charge in [-0.2, -0.15) is 5.10 Å². The molecule has 0 spiro atoms. The van der Waals surface area contributed by atoms with Gasteiger partial charge in [-0.1, -0.05) is 22.9 Å². The first-order chi connectivity index (χ1) is 9.84. The van der Waals surface area contributed by atoms with E-state index in [4.69, 9.17) is 0 Å². The van der Waals surface area contributed by atoms with Crippen molar-refractivity contribution >= 4 is 21.8 Å². The molecule has 1 aromatic heterocycles. The molecule has 0 fully saturated rings. The topological polar surface area (TPSA) is 46.9 Å². The molecule has 0 radical (unpaired) electrons. The second-order valence-electron chi connectivity index (χ2n) is 5.72. The minimum atomic E-state index is -0.219. The van der Waals surface area contributed by atoms with Crippen LogP contribution in [0.4, 0.5) is 0 Å². The van der Waals surface area contributed by atoms with Crippen molar-refractivity contribution in [3.8, 4) is 5.69 Å². The molecule has 0 saturated carbocycles. The molecule has 112 valence electrons. The summed E-state index contributed by atoms with van der Waals surface area (Å²) in [5.41, 5.74) is 2.16. The highest BCUT2D eigenvalue weighted by Crippen LogP contribution is 2.18. The predicted octanol–water partition coefficient (Wildman–Crippen LogP) is 3.86. The summed E-state index contributed by atoms with van der Waals surface area (Å²) in [7, 11) is 0. The molecule has 0 saturated heterocycles. The zero-order valence-corrected chi connectivity index (χ0v) is 14.4. The van der Waals surface area contributed by atoms with Crippen LogP contribution in [0.2, 0.25) is 0 Å². The van der Waals surface area contributed by atoms with Gasteiger partial charge in [-0.3, -0.25) is 4.79 Å². The maximum Gasteiger partial charge on any atom is 0.255 e. The highest BCUT2D eigenvalue weighted by Gasteiger charge is 2.22. The lowest BCUT2D eigenvalue weighted by Gasteiger charge is -2.24. The van der Waals surface area contributed by atoms with Crippen molar-refractivity contribution < 1.29 is 4.79 Å². The largest absolute Gasteiger partial charge is 0.347 e. The van der Waals surface area contributed by atoms with Gasteiger partial charge in [-0.05, 0) is 51.5 Å². The number of aromatic nitrogens is 2.